The first-order valence-electron chi connectivity index (χ1n) is 9.55. The SMILES string of the molecule is C=CC1=C(C)C(C(C)=CC)(c2ccc(OCC(O)CCl)cc2)c2ccccc21. The normalized spacial score (nSPS) is 20.1. The third-order valence-corrected chi connectivity index (χ3v) is 6.08. The summed E-state index contributed by atoms with van der Waals surface area (Å²) in [5.41, 5.74) is 7.15. The van der Waals surface area contributed by atoms with Gasteiger partial charge in [-0.1, -0.05) is 60.7 Å². The van der Waals surface area contributed by atoms with Gasteiger partial charge in [-0.15, -0.1) is 11.6 Å². The highest BCUT2D eigenvalue weighted by molar-refractivity contribution is 6.18. The highest BCUT2D eigenvalue weighted by atomic mass is 35.5. The standard InChI is InChI=1S/C25H27ClO2/c1-5-17(3)25(18(4)22(6-2)23-9-7-8-10-24(23)25)19-11-13-21(14-12-19)28-16-20(27)15-26/h5-14,20,27H,2,15-16H2,1,3-4H3. The summed E-state index contributed by atoms with van der Waals surface area (Å²) in [6.45, 7) is 10.7. The second kappa shape index (κ2) is 8.38. The molecule has 2 nitrogen and oxygen atoms in total. The van der Waals surface area contributed by atoms with E-state index in [-0.39, 0.29) is 17.9 Å². The Morgan fingerprint density at radius 1 is 1.21 bits per heavy atom. The lowest BCUT2D eigenvalue weighted by atomic mass is 9.67. The van der Waals surface area contributed by atoms with Crippen molar-refractivity contribution in [2.75, 3.05) is 12.5 Å². The lowest BCUT2D eigenvalue weighted by Crippen LogP contribution is -2.29. The minimum atomic E-state index is -0.667. The Morgan fingerprint density at radius 3 is 2.50 bits per heavy atom. The summed E-state index contributed by atoms with van der Waals surface area (Å²) in [6.07, 6.45) is 3.48. The number of rotatable bonds is 7. The Morgan fingerprint density at radius 2 is 1.89 bits per heavy atom. The number of hydrogen-bond acceptors (Lipinski definition) is 2. The second-order valence-corrected chi connectivity index (χ2v) is 7.46. The van der Waals surface area contributed by atoms with Crippen LogP contribution in [-0.4, -0.2) is 23.7 Å². The van der Waals surface area contributed by atoms with Crippen molar-refractivity contribution in [1.82, 2.24) is 0 Å². The average Bonchev–Trinajstić information content (AvgIpc) is 3.00. The molecule has 3 rings (SSSR count). The zero-order valence-corrected chi connectivity index (χ0v) is 17.5. The number of halogens is 1. The van der Waals surface area contributed by atoms with Gasteiger partial charge in [-0.25, -0.2) is 0 Å². The number of alkyl halides is 1. The molecule has 0 aromatic heterocycles. The number of ether oxygens (including phenoxy) is 1. The maximum absolute atomic E-state index is 9.61. The van der Waals surface area contributed by atoms with E-state index in [4.69, 9.17) is 16.3 Å². The van der Waals surface area contributed by atoms with Gasteiger partial charge in [0.25, 0.3) is 0 Å². The lowest BCUT2D eigenvalue weighted by Gasteiger charge is -2.35. The van der Waals surface area contributed by atoms with E-state index in [9.17, 15) is 5.11 Å². The minimum absolute atomic E-state index is 0.160. The molecule has 0 saturated carbocycles. The van der Waals surface area contributed by atoms with Gasteiger partial charge in [-0.2, -0.15) is 0 Å². The third-order valence-electron chi connectivity index (χ3n) is 5.72. The number of hydrogen-bond donors (Lipinski definition) is 1. The van der Waals surface area contributed by atoms with Crippen molar-refractivity contribution in [1.29, 1.82) is 0 Å². The van der Waals surface area contributed by atoms with Crippen molar-refractivity contribution in [3.8, 4) is 5.75 Å². The summed E-state index contributed by atoms with van der Waals surface area (Å²) in [5, 5.41) is 9.61. The first kappa shape index (κ1) is 20.4. The topological polar surface area (TPSA) is 29.5 Å². The Hall–Kier alpha value is -2.29. The van der Waals surface area contributed by atoms with E-state index in [1.54, 1.807) is 0 Å². The zero-order valence-electron chi connectivity index (χ0n) is 16.7. The summed E-state index contributed by atoms with van der Waals surface area (Å²) in [5.74, 6) is 0.880. The lowest BCUT2D eigenvalue weighted by molar-refractivity contribution is 0.125. The molecule has 1 aliphatic carbocycles. The summed E-state index contributed by atoms with van der Waals surface area (Å²) < 4.78 is 5.66. The van der Waals surface area contributed by atoms with Crippen molar-refractivity contribution in [3.63, 3.8) is 0 Å². The van der Waals surface area contributed by atoms with Gasteiger partial charge in [-0.3, -0.25) is 0 Å². The molecule has 0 saturated heterocycles. The van der Waals surface area contributed by atoms with Gasteiger partial charge in [0.05, 0.1) is 11.3 Å². The molecular weight excluding hydrogens is 368 g/mol. The first-order valence-corrected chi connectivity index (χ1v) is 10.1. The molecule has 0 radical (unpaired) electrons. The van der Waals surface area contributed by atoms with Crippen LogP contribution in [0.3, 0.4) is 0 Å². The summed E-state index contributed by atoms with van der Waals surface area (Å²) in [7, 11) is 0. The van der Waals surface area contributed by atoms with Crippen LogP contribution in [-0.2, 0) is 5.41 Å². The van der Waals surface area contributed by atoms with Crippen LogP contribution in [0.1, 0.15) is 37.5 Å². The largest absolute Gasteiger partial charge is 0.491 e. The zero-order chi connectivity index (χ0) is 20.3. The van der Waals surface area contributed by atoms with Crippen LogP contribution < -0.4 is 4.74 Å². The van der Waals surface area contributed by atoms with Crippen LogP contribution in [0.15, 0.2) is 78.4 Å². The number of allylic oxidation sites excluding steroid dienone is 5. The Kier molecular flexibility index (Phi) is 6.12. The molecular formula is C25H27ClO2. The first-order chi connectivity index (χ1) is 13.5. The van der Waals surface area contributed by atoms with E-state index < -0.39 is 6.10 Å². The van der Waals surface area contributed by atoms with Crippen LogP contribution in [0.2, 0.25) is 0 Å². The number of benzene rings is 2. The molecule has 2 unspecified atom stereocenters. The van der Waals surface area contributed by atoms with E-state index in [2.05, 4.69) is 69.8 Å². The highest BCUT2D eigenvalue weighted by Gasteiger charge is 2.44. The molecule has 146 valence electrons. The van der Waals surface area contributed by atoms with E-state index in [0.29, 0.717) is 0 Å². The molecule has 0 aliphatic heterocycles. The van der Waals surface area contributed by atoms with Crippen molar-refractivity contribution in [2.24, 2.45) is 0 Å². The molecule has 0 heterocycles. The van der Waals surface area contributed by atoms with Gasteiger partial charge in [0.15, 0.2) is 0 Å². The Bertz CT molecular complexity index is 924. The molecule has 3 heteroatoms. The molecule has 1 N–H and O–H groups in total. The van der Waals surface area contributed by atoms with Gasteiger partial charge < -0.3 is 9.84 Å². The van der Waals surface area contributed by atoms with Gasteiger partial charge in [0.2, 0.25) is 0 Å². The van der Waals surface area contributed by atoms with Crippen molar-refractivity contribution in [3.05, 3.63) is 95.1 Å². The summed E-state index contributed by atoms with van der Waals surface area (Å²) in [6, 6.07) is 16.7. The van der Waals surface area contributed by atoms with E-state index >= 15 is 0 Å². The van der Waals surface area contributed by atoms with Gasteiger partial charge in [0, 0.05) is 0 Å². The molecule has 28 heavy (non-hydrogen) atoms. The molecule has 0 spiro atoms. The summed E-state index contributed by atoms with van der Waals surface area (Å²) >= 11 is 5.64. The van der Waals surface area contributed by atoms with Crippen LogP contribution in [0.5, 0.6) is 5.75 Å². The number of fused-ring (bicyclic) bond motifs is 1. The number of aliphatic hydroxyl groups excluding tert-OH is 1. The fourth-order valence-corrected chi connectivity index (χ4v) is 4.37. The van der Waals surface area contributed by atoms with Gasteiger partial charge in [-0.05, 0) is 60.7 Å². The molecule has 2 aromatic rings. The fraction of sp³-hybridized carbons (Fsp3) is 0.280. The Labute approximate surface area is 172 Å². The third kappa shape index (κ3) is 3.21. The predicted molar refractivity (Wildman–Crippen MR) is 118 cm³/mol. The predicted octanol–water partition coefficient (Wildman–Crippen LogP) is 5.89. The molecule has 1 aliphatic rings. The Balaban J connectivity index is 2.12. The molecule has 0 amide bonds. The molecule has 2 atom stereocenters. The van der Waals surface area contributed by atoms with E-state index in [1.807, 2.05) is 18.2 Å². The van der Waals surface area contributed by atoms with Crippen LogP contribution in [0.4, 0.5) is 0 Å². The quantitative estimate of drug-likeness (QED) is 0.468. The van der Waals surface area contributed by atoms with E-state index in [0.717, 1.165) is 5.75 Å². The minimum Gasteiger partial charge on any atom is -0.491 e. The highest BCUT2D eigenvalue weighted by Crippen LogP contribution is 2.54. The fourth-order valence-electron chi connectivity index (χ4n) is 4.28. The van der Waals surface area contributed by atoms with Crippen molar-refractivity contribution < 1.29 is 9.84 Å². The molecule has 2 aromatic carbocycles. The van der Waals surface area contributed by atoms with Crippen molar-refractivity contribution in [2.45, 2.75) is 32.3 Å². The molecule has 0 bridgehead atoms. The van der Waals surface area contributed by atoms with Gasteiger partial charge >= 0.3 is 0 Å². The van der Waals surface area contributed by atoms with E-state index in [1.165, 1.54) is 33.4 Å². The monoisotopic (exact) mass is 394 g/mol. The van der Waals surface area contributed by atoms with Gasteiger partial charge in [0.1, 0.15) is 18.5 Å². The molecule has 0 fully saturated rings. The maximum Gasteiger partial charge on any atom is 0.119 e. The van der Waals surface area contributed by atoms with Crippen molar-refractivity contribution >= 4 is 17.2 Å². The average molecular weight is 395 g/mol. The number of aliphatic hydroxyl groups is 1. The smallest absolute Gasteiger partial charge is 0.119 e. The van der Waals surface area contributed by atoms with Crippen LogP contribution in [0, 0.1) is 0 Å². The second-order valence-electron chi connectivity index (χ2n) is 7.15. The maximum atomic E-state index is 9.61. The van der Waals surface area contributed by atoms with Crippen LogP contribution >= 0.6 is 11.6 Å². The summed E-state index contributed by atoms with van der Waals surface area (Å²) in [4.78, 5) is 0. The van der Waals surface area contributed by atoms with Crippen LogP contribution in [0.25, 0.3) is 5.57 Å².